The Hall–Kier alpha value is -2.71. The summed E-state index contributed by atoms with van der Waals surface area (Å²) in [7, 11) is 0. The fraction of sp³-hybridized carbons (Fsp3) is 0.200. The van der Waals surface area contributed by atoms with Gasteiger partial charge in [-0.25, -0.2) is 0 Å². The van der Waals surface area contributed by atoms with Crippen LogP contribution in [0.5, 0.6) is 5.75 Å². The molecule has 0 amide bonds. The molecule has 28 heavy (non-hydrogen) atoms. The first-order valence-electron chi connectivity index (χ1n) is 8.69. The predicted octanol–water partition coefficient (Wildman–Crippen LogP) is 3.75. The quantitative estimate of drug-likeness (QED) is 0.451. The average Bonchev–Trinajstić information content (AvgIpc) is 3.14. The van der Waals surface area contributed by atoms with E-state index in [1.54, 1.807) is 11.8 Å². The van der Waals surface area contributed by atoms with Crippen LogP contribution in [0.1, 0.15) is 21.8 Å². The fourth-order valence-electron chi connectivity index (χ4n) is 2.67. The molecule has 0 unspecified atom stereocenters. The zero-order chi connectivity index (χ0) is 19.5. The Labute approximate surface area is 170 Å². The number of hydrogen-bond acceptors (Lipinski definition) is 7. The van der Waals surface area contributed by atoms with Gasteiger partial charge in [0, 0.05) is 11.3 Å². The van der Waals surface area contributed by atoms with Crippen LogP contribution in [0.2, 0.25) is 0 Å². The molecule has 0 saturated carbocycles. The van der Waals surface area contributed by atoms with Crippen LogP contribution in [0.25, 0.3) is 4.96 Å². The molecule has 2 aromatic heterocycles. The van der Waals surface area contributed by atoms with E-state index in [1.165, 1.54) is 26.3 Å². The Morgan fingerprint density at radius 1 is 1.07 bits per heavy atom. The van der Waals surface area contributed by atoms with Crippen molar-refractivity contribution in [2.24, 2.45) is 0 Å². The van der Waals surface area contributed by atoms with Crippen molar-refractivity contribution in [3.05, 3.63) is 80.7 Å². The molecule has 2 aromatic carbocycles. The van der Waals surface area contributed by atoms with Crippen molar-refractivity contribution in [1.82, 2.24) is 19.8 Å². The van der Waals surface area contributed by atoms with Crippen molar-refractivity contribution in [1.29, 1.82) is 0 Å². The van der Waals surface area contributed by atoms with Gasteiger partial charge >= 0.3 is 0 Å². The molecule has 0 spiro atoms. The lowest BCUT2D eigenvalue weighted by molar-refractivity contribution is 0.304. The second-order valence-corrected chi connectivity index (χ2v) is 8.19. The maximum Gasteiger partial charge on any atom is 0.297 e. The van der Waals surface area contributed by atoms with Crippen LogP contribution in [-0.4, -0.2) is 26.1 Å². The van der Waals surface area contributed by atoms with E-state index in [-0.39, 0.29) is 12.2 Å². The van der Waals surface area contributed by atoms with E-state index in [4.69, 9.17) is 4.74 Å². The molecule has 0 bridgehead atoms. The highest BCUT2D eigenvalue weighted by molar-refractivity contribution is 7.98. The van der Waals surface area contributed by atoms with Gasteiger partial charge in [-0.1, -0.05) is 41.2 Å². The lowest BCUT2D eigenvalue weighted by Gasteiger charge is -2.03. The van der Waals surface area contributed by atoms with Crippen molar-refractivity contribution in [2.75, 3.05) is 6.26 Å². The molecule has 8 heteroatoms. The third-order valence-corrected chi connectivity index (χ3v) is 5.83. The average molecular weight is 411 g/mol. The summed E-state index contributed by atoms with van der Waals surface area (Å²) in [4.78, 5) is 14.4. The SMILES string of the molecule is CSc1ccc(Cc2nnc3sc(COc4ccc(C)cc4)nn3c2=O)cc1. The third-order valence-electron chi connectivity index (χ3n) is 4.21. The third kappa shape index (κ3) is 4.07. The van der Waals surface area contributed by atoms with Gasteiger partial charge in [0.05, 0.1) is 0 Å². The summed E-state index contributed by atoms with van der Waals surface area (Å²) >= 11 is 2.99. The highest BCUT2D eigenvalue weighted by atomic mass is 32.2. The predicted molar refractivity (Wildman–Crippen MR) is 111 cm³/mol. The van der Waals surface area contributed by atoms with E-state index in [1.807, 2.05) is 61.7 Å². The molecule has 2 heterocycles. The number of hydrogen-bond donors (Lipinski definition) is 0. The minimum atomic E-state index is -0.239. The monoisotopic (exact) mass is 410 g/mol. The fourth-order valence-corrected chi connectivity index (χ4v) is 3.82. The van der Waals surface area contributed by atoms with Gasteiger partial charge in [-0.2, -0.15) is 9.61 Å². The zero-order valence-electron chi connectivity index (χ0n) is 15.5. The van der Waals surface area contributed by atoms with Crippen LogP contribution in [0.15, 0.2) is 58.2 Å². The van der Waals surface area contributed by atoms with Crippen LogP contribution in [0.4, 0.5) is 0 Å². The Morgan fingerprint density at radius 3 is 2.54 bits per heavy atom. The van der Waals surface area contributed by atoms with Crippen molar-refractivity contribution in [2.45, 2.75) is 24.8 Å². The Kier molecular flexibility index (Phi) is 5.40. The molecule has 0 saturated heterocycles. The summed E-state index contributed by atoms with van der Waals surface area (Å²) in [5, 5.41) is 13.3. The number of aromatic nitrogens is 4. The van der Waals surface area contributed by atoms with Gasteiger partial charge in [0.1, 0.15) is 18.1 Å². The maximum atomic E-state index is 12.7. The van der Waals surface area contributed by atoms with Crippen LogP contribution in [0.3, 0.4) is 0 Å². The van der Waals surface area contributed by atoms with Crippen molar-refractivity contribution < 1.29 is 4.74 Å². The molecule has 0 aliphatic rings. The summed E-state index contributed by atoms with van der Waals surface area (Å²) in [6, 6.07) is 15.9. The van der Waals surface area contributed by atoms with Crippen molar-refractivity contribution in [3.63, 3.8) is 0 Å². The number of rotatable bonds is 6. The molecule has 0 atom stereocenters. The molecule has 0 N–H and O–H groups in total. The van der Waals surface area contributed by atoms with E-state index in [0.29, 0.717) is 22.1 Å². The van der Waals surface area contributed by atoms with E-state index in [0.717, 1.165) is 11.3 Å². The van der Waals surface area contributed by atoms with Gasteiger partial charge < -0.3 is 4.74 Å². The van der Waals surface area contributed by atoms with Gasteiger partial charge in [-0.15, -0.1) is 22.0 Å². The largest absolute Gasteiger partial charge is 0.486 e. The summed E-state index contributed by atoms with van der Waals surface area (Å²) < 4.78 is 7.06. The van der Waals surface area contributed by atoms with Crippen LogP contribution >= 0.6 is 23.1 Å². The van der Waals surface area contributed by atoms with Crippen LogP contribution in [-0.2, 0) is 13.0 Å². The van der Waals surface area contributed by atoms with Crippen molar-refractivity contribution >= 4 is 28.1 Å². The molecule has 142 valence electrons. The first kappa shape index (κ1) is 18.6. The maximum absolute atomic E-state index is 12.7. The number of ether oxygens (including phenoxy) is 1. The second kappa shape index (κ2) is 8.12. The normalized spacial score (nSPS) is 11.1. The molecule has 4 aromatic rings. The van der Waals surface area contributed by atoms with E-state index < -0.39 is 0 Å². The van der Waals surface area contributed by atoms with E-state index in [2.05, 4.69) is 15.3 Å². The molecule has 0 aliphatic heterocycles. The molecular weight excluding hydrogens is 392 g/mol. The van der Waals surface area contributed by atoms with Gasteiger partial charge in [-0.05, 0) is 43.0 Å². The molecule has 0 fully saturated rings. The standard InChI is InChI=1S/C20H18N4O2S2/c1-13-3-7-15(8-4-13)26-12-18-23-24-19(25)17(21-22-20(24)28-18)11-14-5-9-16(27-2)10-6-14/h3-10H,11-12H2,1-2H3. The smallest absolute Gasteiger partial charge is 0.297 e. The summed E-state index contributed by atoms with van der Waals surface area (Å²) in [5.41, 5.74) is 2.33. The van der Waals surface area contributed by atoms with Gasteiger partial charge in [-0.3, -0.25) is 4.79 Å². The Morgan fingerprint density at radius 2 is 1.82 bits per heavy atom. The van der Waals surface area contributed by atoms with E-state index in [9.17, 15) is 4.79 Å². The minimum Gasteiger partial charge on any atom is -0.486 e. The summed E-state index contributed by atoms with van der Waals surface area (Å²) in [6.07, 6.45) is 2.46. The minimum absolute atomic E-state index is 0.239. The lowest BCUT2D eigenvalue weighted by atomic mass is 10.1. The number of thioether (sulfide) groups is 1. The molecule has 4 rings (SSSR count). The molecule has 0 aliphatic carbocycles. The number of benzene rings is 2. The first-order chi connectivity index (χ1) is 13.6. The first-order valence-corrected chi connectivity index (χ1v) is 10.7. The second-order valence-electron chi connectivity index (χ2n) is 6.27. The van der Waals surface area contributed by atoms with Crippen LogP contribution < -0.4 is 10.3 Å². The number of aryl methyl sites for hydroxylation is 1. The molecular formula is C20H18N4O2S2. The highest BCUT2D eigenvalue weighted by Gasteiger charge is 2.13. The lowest BCUT2D eigenvalue weighted by Crippen LogP contribution is -2.22. The van der Waals surface area contributed by atoms with Gasteiger partial charge in [0.15, 0.2) is 5.01 Å². The number of nitrogens with zero attached hydrogens (tertiary/aromatic N) is 4. The summed E-state index contributed by atoms with van der Waals surface area (Å²) in [5.74, 6) is 0.762. The zero-order valence-corrected chi connectivity index (χ0v) is 17.1. The summed E-state index contributed by atoms with van der Waals surface area (Å²) in [6.45, 7) is 2.30. The van der Waals surface area contributed by atoms with E-state index >= 15 is 0 Å². The molecule has 6 nitrogen and oxygen atoms in total. The Bertz CT molecular complexity index is 1150. The van der Waals surface area contributed by atoms with Crippen molar-refractivity contribution in [3.8, 4) is 5.75 Å². The topological polar surface area (TPSA) is 69.4 Å². The van der Waals surface area contributed by atoms with Crippen LogP contribution in [0, 0.1) is 6.92 Å². The van der Waals surface area contributed by atoms with Gasteiger partial charge in [0.25, 0.3) is 5.56 Å². The molecule has 0 radical (unpaired) electrons. The van der Waals surface area contributed by atoms with Gasteiger partial charge in [0.2, 0.25) is 4.96 Å². The number of fused-ring (bicyclic) bond motifs is 1. The Balaban J connectivity index is 1.53. The highest BCUT2D eigenvalue weighted by Crippen LogP contribution is 2.18.